The van der Waals surface area contributed by atoms with Gasteiger partial charge in [-0.25, -0.2) is 0 Å². The molecule has 0 radical (unpaired) electrons. The van der Waals surface area contributed by atoms with Gasteiger partial charge in [-0.1, -0.05) is 12.1 Å². The zero-order valence-corrected chi connectivity index (χ0v) is 10.3. The Morgan fingerprint density at radius 2 is 1.41 bits per heavy atom. The number of hydrogen-bond donors (Lipinski definition) is 2. The average molecular weight is 228 g/mol. The van der Waals surface area contributed by atoms with Crippen LogP contribution in [0.15, 0.2) is 30.3 Å². The smallest absolute Gasteiger partial charge is 0.126 e. The molecule has 17 heavy (non-hydrogen) atoms. The molecular weight excluding hydrogens is 212 g/mol. The van der Waals surface area contributed by atoms with Crippen molar-refractivity contribution in [3.05, 3.63) is 47.0 Å². The van der Waals surface area contributed by atoms with Crippen LogP contribution >= 0.6 is 0 Å². The zero-order valence-electron chi connectivity index (χ0n) is 10.3. The van der Waals surface area contributed by atoms with Crippen molar-refractivity contribution < 1.29 is 10.2 Å². The molecule has 0 saturated heterocycles. The molecule has 2 aromatic rings. The van der Waals surface area contributed by atoms with E-state index in [1.54, 1.807) is 24.3 Å². The topological polar surface area (TPSA) is 40.5 Å². The molecular formula is C15H16O2. The molecule has 2 aromatic carbocycles. The number of phenols is 2. The van der Waals surface area contributed by atoms with Gasteiger partial charge in [0.1, 0.15) is 11.5 Å². The van der Waals surface area contributed by atoms with Crippen molar-refractivity contribution in [3.63, 3.8) is 0 Å². The first-order valence-corrected chi connectivity index (χ1v) is 5.60. The summed E-state index contributed by atoms with van der Waals surface area (Å²) in [6.45, 7) is 5.96. The maximum Gasteiger partial charge on any atom is 0.126 e. The third-order valence-electron chi connectivity index (χ3n) is 3.30. The van der Waals surface area contributed by atoms with Crippen molar-refractivity contribution in [3.8, 4) is 22.6 Å². The second kappa shape index (κ2) is 4.13. The maximum atomic E-state index is 10.2. The Hall–Kier alpha value is -1.96. The van der Waals surface area contributed by atoms with Crippen LogP contribution in [0, 0.1) is 20.8 Å². The Morgan fingerprint density at radius 3 is 2.00 bits per heavy atom. The highest BCUT2D eigenvalue weighted by atomic mass is 16.3. The van der Waals surface area contributed by atoms with Crippen LogP contribution in [-0.4, -0.2) is 10.2 Å². The molecule has 0 amide bonds. The fourth-order valence-corrected chi connectivity index (χ4v) is 1.93. The lowest BCUT2D eigenvalue weighted by Crippen LogP contribution is -1.90. The molecule has 0 unspecified atom stereocenters. The van der Waals surface area contributed by atoms with Gasteiger partial charge in [0.25, 0.3) is 0 Å². The van der Waals surface area contributed by atoms with E-state index in [2.05, 4.69) is 0 Å². The van der Waals surface area contributed by atoms with Crippen molar-refractivity contribution in [1.82, 2.24) is 0 Å². The predicted octanol–water partition coefficient (Wildman–Crippen LogP) is 3.69. The van der Waals surface area contributed by atoms with Crippen molar-refractivity contribution in [2.24, 2.45) is 0 Å². The van der Waals surface area contributed by atoms with Gasteiger partial charge < -0.3 is 10.2 Å². The summed E-state index contributed by atoms with van der Waals surface area (Å²) < 4.78 is 0. The highest BCUT2D eigenvalue weighted by molar-refractivity contribution is 5.74. The zero-order chi connectivity index (χ0) is 12.6. The van der Waals surface area contributed by atoms with E-state index in [1.807, 2.05) is 26.8 Å². The number of hydrogen-bond acceptors (Lipinski definition) is 2. The minimum atomic E-state index is 0.230. The van der Waals surface area contributed by atoms with Crippen LogP contribution < -0.4 is 0 Å². The molecule has 0 spiro atoms. The summed E-state index contributed by atoms with van der Waals surface area (Å²) in [5.74, 6) is 0.549. The molecule has 2 nitrogen and oxygen atoms in total. The molecule has 0 aliphatic rings. The van der Waals surface area contributed by atoms with E-state index in [4.69, 9.17) is 0 Å². The molecule has 2 N–H and O–H groups in total. The summed E-state index contributed by atoms with van der Waals surface area (Å²) in [7, 11) is 0. The SMILES string of the molecule is Cc1cc(-c2ccc(O)cc2)c(O)c(C)c1C. The Morgan fingerprint density at radius 1 is 0.824 bits per heavy atom. The van der Waals surface area contributed by atoms with Gasteiger partial charge in [0, 0.05) is 5.56 Å². The molecule has 0 heterocycles. The van der Waals surface area contributed by atoms with E-state index < -0.39 is 0 Å². The Labute approximate surface area is 101 Å². The van der Waals surface area contributed by atoms with Gasteiger partial charge in [0.2, 0.25) is 0 Å². The van der Waals surface area contributed by atoms with Crippen LogP contribution in [-0.2, 0) is 0 Å². The van der Waals surface area contributed by atoms with Crippen molar-refractivity contribution in [2.75, 3.05) is 0 Å². The van der Waals surface area contributed by atoms with Crippen molar-refractivity contribution >= 4 is 0 Å². The fourth-order valence-electron chi connectivity index (χ4n) is 1.93. The first-order chi connectivity index (χ1) is 8.00. The molecule has 2 rings (SSSR count). The van der Waals surface area contributed by atoms with Crippen LogP contribution in [0.25, 0.3) is 11.1 Å². The Bertz CT molecular complexity index is 554. The second-order valence-corrected chi connectivity index (χ2v) is 4.39. The van der Waals surface area contributed by atoms with Crippen molar-refractivity contribution in [2.45, 2.75) is 20.8 Å². The number of phenolic OH excluding ortho intramolecular Hbond substituents is 2. The van der Waals surface area contributed by atoms with Gasteiger partial charge >= 0.3 is 0 Å². The quantitative estimate of drug-likeness (QED) is 0.781. The number of benzene rings is 2. The van der Waals surface area contributed by atoms with Crippen LogP contribution in [0.2, 0.25) is 0 Å². The van der Waals surface area contributed by atoms with E-state index in [1.165, 1.54) is 0 Å². The van der Waals surface area contributed by atoms with E-state index in [0.29, 0.717) is 5.75 Å². The standard InChI is InChI=1S/C15H16O2/c1-9-8-14(15(17)11(3)10(9)2)12-4-6-13(16)7-5-12/h4-8,16-17H,1-3H3. The molecule has 0 fully saturated rings. The minimum absolute atomic E-state index is 0.230. The molecule has 0 saturated carbocycles. The van der Waals surface area contributed by atoms with Crippen LogP contribution in [0.5, 0.6) is 11.5 Å². The molecule has 0 aliphatic carbocycles. The summed E-state index contributed by atoms with van der Waals surface area (Å²) >= 11 is 0. The fraction of sp³-hybridized carbons (Fsp3) is 0.200. The summed E-state index contributed by atoms with van der Waals surface area (Å²) in [5.41, 5.74) is 4.90. The number of aryl methyl sites for hydroxylation is 1. The normalized spacial score (nSPS) is 10.5. The van der Waals surface area contributed by atoms with Gasteiger partial charge in [-0.2, -0.15) is 0 Å². The second-order valence-electron chi connectivity index (χ2n) is 4.39. The van der Waals surface area contributed by atoms with E-state index in [0.717, 1.165) is 27.8 Å². The summed E-state index contributed by atoms with van der Waals surface area (Å²) in [4.78, 5) is 0. The third kappa shape index (κ3) is 1.98. The van der Waals surface area contributed by atoms with Gasteiger partial charge in [0.05, 0.1) is 0 Å². The summed E-state index contributed by atoms with van der Waals surface area (Å²) in [6, 6.07) is 8.83. The lowest BCUT2D eigenvalue weighted by Gasteiger charge is -2.13. The summed E-state index contributed by atoms with van der Waals surface area (Å²) in [5, 5.41) is 19.4. The van der Waals surface area contributed by atoms with E-state index in [-0.39, 0.29) is 5.75 Å². The molecule has 88 valence electrons. The van der Waals surface area contributed by atoms with Crippen LogP contribution in [0.4, 0.5) is 0 Å². The third-order valence-corrected chi connectivity index (χ3v) is 3.30. The first-order valence-electron chi connectivity index (χ1n) is 5.60. The largest absolute Gasteiger partial charge is 0.508 e. The van der Waals surface area contributed by atoms with Gasteiger partial charge in [-0.3, -0.25) is 0 Å². The first kappa shape index (κ1) is 11.5. The monoisotopic (exact) mass is 228 g/mol. The minimum Gasteiger partial charge on any atom is -0.508 e. The van der Waals surface area contributed by atoms with Crippen LogP contribution in [0.3, 0.4) is 0 Å². The molecule has 0 atom stereocenters. The van der Waals surface area contributed by atoms with Gasteiger partial charge in [-0.05, 0) is 61.2 Å². The van der Waals surface area contributed by atoms with E-state index >= 15 is 0 Å². The summed E-state index contributed by atoms with van der Waals surface area (Å²) in [6.07, 6.45) is 0. The highest BCUT2D eigenvalue weighted by Crippen LogP contribution is 2.35. The predicted molar refractivity (Wildman–Crippen MR) is 69.4 cm³/mol. The molecule has 0 aliphatic heterocycles. The van der Waals surface area contributed by atoms with Gasteiger partial charge in [-0.15, -0.1) is 0 Å². The molecule has 0 aromatic heterocycles. The molecule has 0 bridgehead atoms. The molecule has 2 heteroatoms. The Kier molecular flexibility index (Phi) is 2.80. The average Bonchev–Trinajstić information content (AvgIpc) is 2.32. The Balaban J connectivity index is 2.64. The van der Waals surface area contributed by atoms with Gasteiger partial charge in [0.15, 0.2) is 0 Å². The van der Waals surface area contributed by atoms with Crippen LogP contribution in [0.1, 0.15) is 16.7 Å². The van der Waals surface area contributed by atoms with Crippen molar-refractivity contribution in [1.29, 1.82) is 0 Å². The lowest BCUT2D eigenvalue weighted by molar-refractivity contribution is 0.471. The lowest BCUT2D eigenvalue weighted by atomic mass is 9.95. The maximum absolute atomic E-state index is 10.2. The number of aromatic hydroxyl groups is 2. The van der Waals surface area contributed by atoms with E-state index in [9.17, 15) is 10.2 Å². The number of rotatable bonds is 1. The highest BCUT2D eigenvalue weighted by Gasteiger charge is 2.11.